The third kappa shape index (κ3) is 2.52. The molecule has 1 heterocycles. The Kier molecular flexibility index (Phi) is 4.67. The number of benzene rings is 1. The van der Waals surface area contributed by atoms with Crippen LogP contribution < -0.4 is 5.19 Å². The van der Waals surface area contributed by atoms with E-state index in [4.69, 9.17) is 4.43 Å². The minimum absolute atomic E-state index is 0. The fourth-order valence-electron chi connectivity index (χ4n) is 2.10. The van der Waals surface area contributed by atoms with Gasteiger partial charge in [0, 0.05) is 0 Å². The lowest BCUT2D eigenvalue weighted by molar-refractivity contribution is -0.0379. The monoisotopic (exact) mass is 252 g/mol. The van der Waals surface area contributed by atoms with E-state index in [1.807, 2.05) is 23.9 Å². The highest BCUT2D eigenvalue weighted by molar-refractivity contribution is 6.90. The molecule has 1 N–H and O–H groups in total. The Labute approximate surface area is 102 Å². The van der Waals surface area contributed by atoms with Gasteiger partial charge in [0.15, 0.2) is 0 Å². The molecule has 0 radical (unpaired) electrons. The third-order valence-corrected chi connectivity index (χ3v) is 6.70. The van der Waals surface area contributed by atoms with Gasteiger partial charge in [-0.05, 0) is 35.0 Å². The smallest absolute Gasteiger partial charge is 0.251 e. The molecule has 2 atom stereocenters. The molecule has 88 valence electrons. The summed E-state index contributed by atoms with van der Waals surface area (Å²) < 4.78 is 5.79. The predicted octanol–water partition coefficient (Wildman–Crippen LogP) is 0.241. The van der Waals surface area contributed by atoms with Crippen LogP contribution in [0.5, 0.6) is 0 Å². The molecule has 0 bridgehead atoms. The van der Waals surface area contributed by atoms with Crippen molar-refractivity contribution in [1.29, 1.82) is 0 Å². The third-order valence-electron chi connectivity index (χ3n) is 2.94. The highest BCUT2D eigenvalue weighted by Crippen LogP contribution is 2.25. The summed E-state index contributed by atoms with van der Waals surface area (Å²) in [5.74, 6) is 0. The Balaban J connectivity index is 0.00000128. The molecule has 1 aromatic carbocycles. The highest BCUT2D eigenvalue weighted by atomic mass is 28.4. The van der Waals surface area contributed by atoms with Crippen LogP contribution >= 0.6 is 0 Å². The average molecular weight is 252 g/mol. The molecule has 1 aliphatic rings. The van der Waals surface area contributed by atoms with Crippen molar-refractivity contribution in [3.8, 4) is 0 Å². The molecule has 0 aliphatic carbocycles. The maximum absolute atomic E-state index is 9.60. The van der Waals surface area contributed by atoms with Crippen molar-refractivity contribution in [2.24, 2.45) is 0 Å². The Hall–Kier alpha value is -0.686. The molecule has 16 heavy (non-hydrogen) atoms. The minimum atomic E-state index is -2.08. The van der Waals surface area contributed by atoms with E-state index in [0.29, 0.717) is 0 Å². The van der Waals surface area contributed by atoms with Crippen LogP contribution in [0.25, 0.3) is 0 Å². The van der Waals surface area contributed by atoms with Gasteiger partial charge in [0.1, 0.15) is 6.29 Å². The normalized spacial score (nSPS) is 29.2. The van der Waals surface area contributed by atoms with Crippen molar-refractivity contribution in [3.05, 3.63) is 42.6 Å². The van der Waals surface area contributed by atoms with Crippen LogP contribution in [-0.2, 0) is 4.43 Å². The zero-order valence-corrected chi connectivity index (χ0v) is 9.73. The van der Waals surface area contributed by atoms with Crippen LogP contribution in [0.1, 0.15) is 12.8 Å². The zero-order chi connectivity index (χ0) is 10.7. The molecule has 0 aromatic heterocycles. The maximum Gasteiger partial charge on any atom is 0.251 e. The van der Waals surface area contributed by atoms with E-state index in [9.17, 15) is 5.11 Å². The maximum atomic E-state index is 9.60. The van der Waals surface area contributed by atoms with Gasteiger partial charge in [-0.25, -0.2) is 0 Å². The SMILES string of the molecule is C=C[Si]1(c2ccccc2)CCCC(O)O1.[SiH4]. The first-order valence-electron chi connectivity index (χ1n) is 5.32. The van der Waals surface area contributed by atoms with Crippen LogP contribution in [-0.4, -0.2) is 30.7 Å². The predicted molar refractivity (Wildman–Crippen MR) is 74.5 cm³/mol. The molecule has 2 unspecified atom stereocenters. The van der Waals surface area contributed by atoms with Crippen molar-refractivity contribution in [2.45, 2.75) is 25.2 Å². The number of hydrogen-bond acceptors (Lipinski definition) is 2. The molecule has 1 fully saturated rings. The van der Waals surface area contributed by atoms with Gasteiger partial charge in [0.05, 0.1) is 0 Å². The van der Waals surface area contributed by atoms with Crippen molar-refractivity contribution in [1.82, 2.24) is 0 Å². The average Bonchev–Trinajstić information content (AvgIpc) is 2.30. The van der Waals surface area contributed by atoms with Crippen molar-refractivity contribution < 1.29 is 9.53 Å². The molecule has 2 rings (SSSR count). The van der Waals surface area contributed by atoms with Gasteiger partial charge < -0.3 is 9.53 Å². The minimum Gasteiger partial charge on any atom is -0.384 e. The molecular formula is C12H20O2Si2. The Bertz CT molecular complexity index is 342. The molecule has 0 saturated carbocycles. The topological polar surface area (TPSA) is 29.5 Å². The van der Waals surface area contributed by atoms with Gasteiger partial charge in [-0.2, -0.15) is 0 Å². The van der Waals surface area contributed by atoms with Crippen LogP contribution in [0, 0.1) is 0 Å². The van der Waals surface area contributed by atoms with Crippen LogP contribution in [0.15, 0.2) is 42.6 Å². The largest absolute Gasteiger partial charge is 0.384 e. The zero-order valence-electron chi connectivity index (χ0n) is 8.73. The lowest BCUT2D eigenvalue weighted by Crippen LogP contribution is -2.53. The second-order valence-electron chi connectivity index (χ2n) is 3.92. The fourth-order valence-corrected chi connectivity index (χ4v) is 5.27. The van der Waals surface area contributed by atoms with E-state index in [1.165, 1.54) is 5.19 Å². The second kappa shape index (κ2) is 5.59. The summed E-state index contributed by atoms with van der Waals surface area (Å²) in [5.41, 5.74) is 1.94. The molecule has 2 nitrogen and oxygen atoms in total. The van der Waals surface area contributed by atoms with Gasteiger partial charge in [-0.15, -0.1) is 6.58 Å². The van der Waals surface area contributed by atoms with Gasteiger partial charge in [0.25, 0.3) is 8.32 Å². The molecule has 0 amide bonds. The van der Waals surface area contributed by atoms with Crippen molar-refractivity contribution in [3.63, 3.8) is 0 Å². The van der Waals surface area contributed by atoms with E-state index in [1.54, 1.807) is 0 Å². The van der Waals surface area contributed by atoms with E-state index in [0.717, 1.165) is 18.9 Å². The molecule has 4 heteroatoms. The standard InChI is InChI=1S/C12H16O2Si.H4Si/c1-2-15(10-6-9-12(13)14-15)11-7-4-3-5-8-11;/h2-5,7-8,12-13H,1,6,9-10H2;1H4. The number of rotatable bonds is 2. The van der Waals surface area contributed by atoms with Crippen LogP contribution in [0.2, 0.25) is 6.04 Å². The van der Waals surface area contributed by atoms with E-state index >= 15 is 0 Å². The fraction of sp³-hybridized carbons (Fsp3) is 0.333. The van der Waals surface area contributed by atoms with Gasteiger partial charge in [0.2, 0.25) is 0 Å². The molecule has 1 aromatic rings. The first kappa shape index (κ1) is 13.4. The summed E-state index contributed by atoms with van der Waals surface area (Å²) in [6.07, 6.45) is 1.16. The molecular weight excluding hydrogens is 232 g/mol. The molecule has 1 aliphatic heterocycles. The van der Waals surface area contributed by atoms with Crippen molar-refractivity contribution in [2.75, 3.05) is 0 Å². The number of hydrogen-bond donors (Lipinski definition) is 1. The van der Waals surface area contributed by atoms with E-state index < -0.39 is 14.6 Å². The Morgan fingerprint density at radius 3 is 2.62 bits per heavy atom. The van der Waals surface area contributed by atoms with E-state index in [-0.39, 0.29) is 11.0 Å². The van der Waals surface area contributed by atoms with Gasteiger partial charge in [-0.3, -0.25) is 0 Å². The Morgan fingerprint density at radius 1 is 1.38 bits per heavy atom. The second-order valence-corrected chi connectivity index (χ2v) is 7.42. The summed E-state index contributed by atoms with van der Waals surface area (Å²) >= 11 is 0. The lowest BCUT2D eigenvalue weighted by Gasteiger charge is -2.35. The summed E-state index contributed by atoms with van der Waals surface area (Å²) in [7, 11) is -2.08. The summed E-state index contributed by atoms with van der Waals surface area (Å²) in [4.78, 5) is 0. The Morgan fingerprint density at radius 2 is 2.06 bits per heavy atom. The van der Waals surface area contributed by atoms with Crippen LogP contribution in [0.3, 0.4) is 0 Å². The summed E-state index contributed by atoms with van der Waals surface area (Å²) in [6.45, 7) is 3.89. The first-order chi connectivity index (χ1) is 7.27. The molecule has 1 saturated heterocycles. The summed E-state index contributed by atoms with van der Waals surface area (Å²) in [6, 6.07) is 11.2. The number of aliphatic hydroxyl groups excluding tert-OH is 1. The lowest BCUT2D eigenvalue weighted by atomic mass is 10.3. The van der Waals surface area contributed by atoms with Gasteiger partial charge >= 0.3 is 0 Å². The first-order valence-corrected chi connectivity index (χ1v) is 7.51. The number of aliphatic hydroxyl groups is 1. The van der Waals surface area contributed by atoms with Crippen molar-refractivity contribution >= 4 is 24.5 Å². The quantitative estimate of drug-likeness (QED) is 0.764. The summed E-state index contributed by atoms with van der Waals surface area (Å²) in [5, 5.41) is 10.8. The van der Waals surface area contributed by atoms with Crippen LogP contribution in [0.4, 0.5) is 0 Å². The van der Waals surface area contributed by atoms with E-state index in [2.05, 4.69) is 18.7 Å². The highest BCUT2D eigenvalue weighted by Gasteiger charge is 2.38. The van der Waals surface area contributed by atoms with Gasteiger partial charge in [-0.1, -0.05) is 36.0 Å². The molecule has 0 spiro atoms.